The number of esters is 1. The summed E-state index contributed by atoms with van der Waals surface area (Å²) in [7, 11) is 1.38. The Morgan fingerprint density at radius 3 is 2.63 bits per heavy atom. The van der Waals surface area contributed by atoms with E-state index in [0.29, 0.717) is 12.8 Å². The molecule has 0 bridgehead atoms. The molecule has 0 saturated carbocycles. The molecule has 0 saturated heterocycles. The van der Waals surface area contributed by atoms with Gasteiger partial charge in [0.1, 0.15) is 5.76 Å². The van der Waals surface area contributed by atoms with Gasteiger partial charge in [-0.3, -0.25) is 4.79 Å². The van der Waals surface area contributed by atoms with Gasteiger partial charge in [-0.1, -0.05) is 24.3 Å². The average Bonchev–Trinajstić information content (AvgIpc) is 2.98. The van der Waals surface area contributed by atoms with Gasteiger partial charge in [-0.15, -0.1) is 0 Å². The van der Waals surface area contributed by atoms with Gasteiger partial charge in [0.25, 0.3) is 0 Å². The van der Waals surface area contributed by atoms with Crippen LogP contribution in [0.1, 0.15) is 24.4 Å². The molecule has 1 heterocycles. The second kappa shape index (κ2) is 6.20. The summed E-state index contributed by atoms with van der Waals surface area (Å²) in [6, 6.07) is 11.4. The Kier molecular flexibility index (Phi) is 4.36. The van der Waals surface area contributed by atoms with Crippen LogP contribution in [0.25, 0.3) is 11.3 Å². The van der Waals surface area contributed by atoms with Crippen molar-refractivity contribution in [1.82, 2.24) is 0 Å². The van der Waals surface area contributed by atoms with Crippen molar-refractivity contribution in [3.05, 3.63) is 48.2 Å². The van der Waals surface area contributed by atoms with Crippen molar-refractivity contribution >= 4 is 5.97 Å². The summed E-state index contributed by atoms with van der Waals surface area (Å²) in [5, 5.41) is 0. The summed E-state index contributed by atoms with van der Waals surface area (Å²) in [6.07, 6.45) is 2.55. The van der Waals surface area contributed by atoms with Crippen molar-refractivity contribution in [2.24, 2.45) is 5.73 Å². The van der Waals surface area contributed by atoms with E-state index in [1.807, 2.05) is 36.4 Å². The van der Waals surface area contributed by atoms with E-state index in [2.05, 4.69) is 4.74 Å². The SMILES string of the molecule is COC(=O)CC[C@H](N)c1ccc(-c2ccco2)cc1. The zero-order valence-electron chi connectivity index (χ0n) is 10.8. The van der Waals surface area contributed by atoms with Crippen LogP contribution in [0.3, 0.4) is 0 Å². The molecule has 1 aromatic carbocycles. The highest BCUT2D eigenvalue weighted by Crippen LogP contribution is 2.23. The molecule has 19 heavy (non-hydrogen) atoms. The third-order valence-corrected chi connectivity index (χ3v) is 3.03. The number of ether oxygens (including phenoxy) is 1. The largest absolute Gasteiger partial charge is 0.469 e. The van der Waals surface area contributed by atoms with E-state index in [9.17, 15) is 4.79 Å². The summed E-state index contributed by atoms with van der Waals surface area (Å²) in [6.45, 7) is 0. The molecule has 1 atom stereocenters. The van der Waals surface area contributed by atoms with Gasteiger partial charge < -0.3 is 14.9 Å². The Bertz CT molecular complexity index is 517. The quantitative estimate of drug-likeness (QED) is 0.838. The standard InChI is InChI=1S/C15H17NO3/c1-18-15(17)9-8-13(16)11-4-6-12(7-5-11)14-3-2-10-19-14/h2-7,10,13H,8-9,16H2,1H3/t13-/m0/s1. The molecule has 0 spiro atoms. The number of carbonyl (C=O) groups excluding carboxylic acids is 1. The van der Waals surface area contributed by atoms with Crippen LogP contribution >= 0.6 is 0 Å². The highest BCUT2D eigenvalue weighted by atomic mass is 16.5. The zero-order chi connectivity index (χ0) is 13.7. The Balaban J connectivity index is 2.00. The molecule has 0 aliphatic carbocycles. The molecule has 0 amide bonds. The van der Waals surface area contributed by atoms with Crippen LogP contribution in [0.15, 0.2) is 47.1 Å². The first kappa shape index (κ1) is 13.4. The van der Waals surface area contributed by atoms with E-state index < -0.39 is 0 Å². The molecule has 0 unspecified atom stereocenters. The van der Waals surface area contributed by atoms with Crippen LogP contribution < -0.4 is 5.73 Å². The number of nitrogens with two attached hydrogens (primary N) is 1. The third kappa shape index (κ3) is 3.45. The minimum atomic E-state index is -0.234. The van der Waals surface area contributed by atoms with Crippen LogP contribution in [-0.2, 0) is 9.53 Å². The average molecular weight is 259 g/mol. The maximum absolute atomic E-state index is 11.1. The second-order valence-electron chi connectivity index (χ2n) is 4.32. The Labute approximate surface area is 112 Å². The van der Waals surface area contributed by atoms with E-state index in [0.717, 1.165) is 16.9 Å². The van der Waals surface area contributed by atoms with Crippen molar-refractivity contribution in [2.45, 2.75) is 18.9 Å². The number of hydrogen-bond acceptors (Lipinski definition) is 4. The predicted molar refractivity (Wildman–Crippen MR) is 72.3 cm³/mol. The van der Waals surface area contributed by atoms with Crippen molar-refractivity contribution in [2.75, 3.05) is 7.11 Å². The van der Waals surface area contributed by atoms with Crippen molar-refractivity contribution in [3.8, 4) is 11.3 Å². The number of hydrogen-bond donors (Lipinski definition) is 1. The van der Waals surface area contributed by atoms with Gasteiger partial charge in [0, 0.05) is 18.0 Å². The van der Waals surface area contributed by atoms with E-state index in [1.165, 1.54) is 7.11 Å². The first-order chi connectivity index (χ1) is 9.20. The maximum atomic E-state index is 11.1. The Morgan fingerprint density at radius 1 is 1.32 bits per heavy atom. The van der Waals surface area contributed by atoms with Gasteiger partial charge in [0.2, 0.25) is 0 Å². The summed E-state index contributed by atoms with van der Waals surface area (Å²) < 4.78 is 9.92. The van der Waals surface area contributed by atoms with Crippen LogP contribution in [0, 0.1) is 0 Å². The van der Waals surface area contributed by atoms with E-state index in [4.69, 9.17) is 10.2 Å². The van der Waals surface area contributed by atoms with Crippen LogP contribution in [0.2, 0.25) is 0 Å². The molecule has 1 aromatic heterocycles. The minimum Gasteiger partial charge on any atom is -0.469 e. The van der Waals surface area contributed by atoms with Gasteiger partial charge in [0.05, 0.1) is 13.4 Å². The first-order valence-corrected chi connectivity index (χ1v) is 6.17. The van der Waals surface area contributed by atoms with E-state index >= 15 is 0 Å². The lowest BCUT2D eigenvalue weighted by Crippen LogP contribution is -2.12. The predicted octanol–water partition coefficient (Wildman–Crippen LogP) is 2.90. The summed E-state index contributed by atoms with van der Waals surface area (Å²) in [5.74, 6) is 0.595. The number of methoxy groups -OCH3 is 1. The number of benzene rings is 1. The van der Waals surface area contributed by atoms with Gasteiger partial charge in [0.15, 0.2) is 0 Å². The number of rotatable bonds is 5. The molecular formula is C15H17NO3. The summed E-state index contributed by atoms with van der Waals surface area (Å²) >= 11 is 0. The molecule has 2 aromatic rings. The second-order valence-corrected chi connectivity index (χ2v) is 4.32. The van der Waals surface area contributed by atoms with Crippen LogP contribution in [-0.4, -0.2) is 13.1 Å². The van der Waals surface area contributed by atoms with Crippen molar-refractivity contribution in [1.29, 1.82) is 0 Å². The number of furan rings is 1. The Morgan fingerprint density at radius 2 is 2.05 bits per heavy atom. The highest BCUT2D eigenvalue weighted by Gasteiger charge is 2.10. The lowest BCUT2D eigenvalue weighted by atomic mass is 10.0. The molecular weight excluding hydrogens is 242 g/mol. The molecule has 2 N–H and O–H groups in total. The van der Waals surface area contributed by atoms with Crippen LogP contribution in [0.5, 0.6) is 0 Å². The van der Waals surface area contributed by atoms with Gasteiger partial charge in [-0.2, -0.15) is 0 Å². The normalized spacial score (nSPS) is 12.1. The summed E-state index contributed by atoms with van der Waals surface area (Å²) in [5.41, 5.74) is 8.04. The van der Waals surface area contributed by atoms with Gasteiger partial charge >= 0.3 is 5.97 Å². The van der Waals surface area contributed by atoms with E-state index in [1.54, 1.807) is 6.26 Å². The fourth-order valence-corrected chi connectivity index (χ4v) is 1.88. The molecule has 0 aliphatic heterocycles. The van der Waals surface area contributed by atoms with Crippen molar-refractivity contribution < 1.29 is 13.9 Å². The van der Waals surface area contributed by atoms with Gasteiger partial charge in [-0.05, 0) is 24.1 Å². The first-order valence-electron chi connectivity index (χ1n) is 6.17. The molecule has 0 radical (unpaired) electrons. The lowest BCUT2D eigenvalue weighted by molar-refractivity contribution is -0.140. The lowest BCUT2D eigenvalue weighted by Gasteiger charge is -2.11. The highest BCUT2D eigenvalue weighted by molar-refractivity contribution is 5.69. The molecule has 100 valence electrons. The maximum Gasteiger partial charge on any atom is 0.305 e. The fraction of sp³-hybridized carbons (Fsp3) is 0.267. The summed E-state index contributed by atoms with van der Waals surface area (Å²) in [4.78, 5) is 11.1. The number of carbonyl (C=O) groups is 1. The minimum absolute atomic E-state index is 0.162. The molecule has 2 rings (SSSR count). The van der Waals surface area contributed by atoms with Crippen molar-refractivity contribution in [3.63, 3.8) is 0 Å². The molecule has 4 heteroatoms. The molecule has 0 aliphatic rings. The molecule has 0 fully saturated rings. The topological polar surface area (TPSA) is 65.5 Å². The van der Waals surface area contributed by atoms with Crippen LogP contribution in [0.4, 0.5) is 0 Å². The fourth-order valence-electron chi connectivity index (χ4n) is 1.88. The molecule has 4 nitrogen and oxygen atoms in total. The monoisotopic (exact) mass is 259 g/mol. The Hall–Kier alpha value is -2.07. The zero-order valence-corrected chi connectivity index (χ0v) is 10.8. The van der Waals surface area contributed by atoms with Gasteiger partial charge in [-0.25, -0.2) is 0 Å². The smallest absolute Gasteiger partial charge is 0.305 e. The third-order valence-electron chi connectivity index (χ3n) is 3.03. The van der Waals surface area contributed by atoms with E-state index in [-0.39, 0.29) is 12.0 Å².